The molecule has 0 fully saturated rings. The van der Waals surface area contributed by atoms with Crippen LogP contribution in [0.3, 0.4) is 0 Å². The molecule has 0 amide bonds. The highest BCUT2D eigenvalue weighted by atomic mass is 15.0. The summed E-state index contributed by atoms with van der Waals surface area (Å²) in [5.74, 6) is 4.70. The molecule has 0 aliphatic rings. The van der Waals surface area contributed by atoms with Gasteiger partial charge in [-0.1, -0.05) is 12.1 Å². The zero-order valence-corrected chi connectivity index (χ0v) is 18.1. The Labute approximate surface area is 202 Å². The Kier molecular flexibility index (Phi) is 4.41. The van der Waals surface area contributed by atoms with Crippen LogP contribution >= 0.6 is 0 Å². The van der Waals surface area contributed by atoms with Gasteiger partial charge in [-0.05, 0) is 47.2 Å². The molecular weight excluding hydrogens is 452 g/mol. The summed E-state index contributed by atoms with van der Waals surface area (Å²) >= 11 is 0. The molecule has 4 aromatic heterocycles. The molecule has 10 nitrogen and oxygen atoms in total. The predicted octanol–water partition coefficient (Wildman–Crippen LogP) is 2.83. The van der Waals surface area contributed by atoms with E-state index < -0.39 is 0 Å². The van der Waals surface area contributed by atoms with Gasteiger partial charge in [0, 0.05) is 0 Å². The molecule has 0 unspecified atom stereocenters. The van der Waals surface area contributed by atoms with E-state index in [-0.39, 0.29) is 45.4 Å². The Morgan fingerprint density at radius 3 is 1.19 bits per heavy atom. The molecule has 0 aliphatic carbocycles. The molecule has 0 aliphatic heterocycles. The Bertz CT molecular complexity index is 1950. The summed E-state index contributed by atoms with van der Waals surface area (Å²) in [6, 6.07) is 15.0. The van der Waals surface area contributed by atoms with Crippen molar-refractivity contribution in [2.24, 2.45) is 0 Å². The standard InChI is InChI=1S/C26H8N10/c1-3-15-22(12-28)36-26-23(29-15)31-17-7-5-14(10-20(17)34-26)13-6-8-18-19(9-13)33-24-25(32-18)35-21(11-27)16(4-2)30-24/h1-2,5-10H. The summed E-state index contributed by atoms with van der Waals surface area (Å²) in [5, 5.41) is 18.5. The first-order chi connectivity index (χ1) is 17.6. The maximum atomic E-state index is 9.28. The molecule has 2 aromatic carbocycles. The summed E-state index contributed by atoms with van der Waals surface area (Å²) in [7, 11) is 0. The quantitative estimate of drug-likeness (QED) is 0.264. The molecule has 6 rings (SSSR count). The maximum Gasteiger partial charge on any atom is 0.199 e. The number of nitrogens with zero attached hydrogens (tertiary/aromatic N) is 10. The van der Waals surface area contributed by atoms with E-state index in [2.05, 4.69) is 51.7 Å². The van der Waals surface area contributed by atoms with Crippen LogP contribution in [0.5, 0.6) is 0 Å². The molecule has 0 saturated heterocycles. The van der Waals surface area contributed by atoms with Crippen molar-refractivity contribution in [1.82, 2.24) is 39.9 Å². The minimum atomic E-state index is 0.0214. The molecule has 162 valence electrons. The molecule has 4 heterocycles. The van der Waals surface area contributed by atoms with Crippen molar-refractivity contribution < 1.29 is 0 Å². The van der Waals surface area contributed by atoms with Crippen molar-refractivity contribution in [2.75, 3.05) is 0 Å². The molecular formula is C26H8N10. The van der Waals surface area contributed by atoms with Crippen LogP contribution in [0.2, 0.25) is 0 Å². The van der Waals surface area contributed by atoms with Crippen molar-refractivity contribution in [3.63, 3.8) is 0 Å². The van der Waals surface area contributed by atoms with Gasteiger partial charge < -0.3 is 0 Å². The first kappa shape index (κ1) is 20.5. The Morgan fingerprint density at radius 1 is 0.472 bits per heavy atom. The van der Waals surface area contributed by atoms with Crippen molar-refractivity contribution >= 4 is 44.7 Å². The minimum Gasteiger partial charge on any atom is -0.224 e. The van der Waals surface area contributed by atoms with Crippen molar-refractivity contribution in [2.45, 2.75) is 0 Å². The van der Waals surface area contributed by atoms with Crippen LogP contribution < -0.4 is 0 Å². The van der Waals surface area contributed by atoms with Crippen LogP contribution in [0.15, 0.2) is 36.4 Å². The topological polar surface area (TPSA) is 151 Å². The van der Waals surface area contributed by atoms with Gasteiger partial charge in [0.2, 0.25) is 0 Å². The lowest BCUT2D eigenvalue weighted by molar-refractivity contribution is 1.15. The van der Waals surface area contributed by atoms with E-state index in [0.717, 1.165) is 11.1 Å². The van der Waals surface area contributed by atoms with Crippen LogP contribution in [0.25, 0.3) is 55.8 Å². The maximum absolute atomic E-state index is 9.28. The van der Waals surface area contributed by atoms with Gasteiger partial charge in [0.1, 0.15) is 12.1 Å². The fourth-order valence-corrected chi connectivity index (χ4v) is 3.72. The molecule has 10 heteroatoms. The summed E-state index contributed by atoms with van der Waals surface area (Å²) in [5.41, 5.74) is 5.33. The summed E-state index contributed by atoms with van der Waals surface area (Å²) in [6.07, 6.45) is 10.9. The Hall–Kier alpha value is -6.10. The van der Waals surface area contributed by atoms with E-state index >= 15 is 0 Å². The number of rotatable bonds is 1. The monoisotopic (exact) mass is 460 g/mol. The number of nitriles is 2. The number of fused-ring (bicyclic) bond motifs is 4. The molecule has 0 saturated carbocycles. The molecule has 0 spiro atoms. The highest BCUT2D eigenvalue weighted by Crippen LogP contribution is 2.27. The van der Waals surface area contributed by atoms with Crippen molar-refractivity contribution in [3.05, 3.63) is 59.2 Å². The molecule has 0 N–H and O–H groups in total. The van der Waals surface area contributed by atoms with E-state index in [0.29, 0.717) is 22.1 Å². The molecule has 36 heavy (non-hydrogen) atoms. The number of hydrogen-bond donors (Lipinski definition) is 0. The van der Waals surface area contributed by atoms with Gasteiger partial charge in [-0.25, -0.2) is 39.9 Å². The third-order valence-electron chi connectivity index (χ3n) is 5.39. The molecule has 0 radical (unpaired) electrons. The van der Waals surface area contributed by atoms with E-state index in [4.69, 9.17) is 12.8 Å². The minimum absolute atomic E-state index is 0.0214. The fourth-order valence-electron chi connectivity index (χ4n) is 3.72. The summed E-state index contributed by atoms with van der Waals surface area (Å²) in [4.78, 5) is 34.9. The summed E-state index contributed by atoms with van der Waals surface area (Å²) < 4.78 is 0. The van der Waals surface area contributed by atoms with Crippen LogP contribution in [-0.4, -0.2) is 39.9 Å². The van der Waals surface area contributed by atoms with Crippen LogP contribution in [0.1, 0.15) is 22.8 Å². The Morgan fingerprint density at radius 2 is 0.833 bits per heavy atom. The zero-order chi connectivity index (χ0) is 24.8. The number of hydrogen-bond acceptors (Lipinski definition) is 10. The van der Waals surface area contributed by atoms with Crippen LogP contribution in [0, 0.1) is 47.3 Å². The van der Waals surface area contributed by atoms with Crippen molar-refractivity contribution in [3.8, 4) is 48.0 Å². The smallest absolute Gasteiger partial charge is 0.199 e. The third kappa shape index (κ3) is 3.16. The Balaban J connectivity index is 1.49. The largest absolute Gasteiger partial charge is 0.224 e. The van der Waals surface area contributed by atoms with Crippen LogP contribution in [-0.2, 0) is 0 Å². The second-order valence-corrected chi connectivity index (χ2v) is 7.50. The molecule has 0 atom stereocenters. The van der Waals surface area contributed by atoms with E-state index in [1.54, 1.807) is 0 Å². The fraction of sp³-hybridized carbons (Fsp3) is 0. The van der Waals surface area contributed by atoms with Gasteiger partial charge in [0.05, 0.1) is 22.1 Å². The number of terminal acetylenes is 2. The first-order valence-corrected chi connectivity index (χ1v) is 10.3. The molecule has 0 bridgehead atoms. The number of benzene rings is 2. The van der Waals surface area contributed by atoms with Gasteiger partial charge in [-0.15, -0.1) is 12.8 Å². The van der Waals surface area contributed by atoms with E-state index in [9.17, 15) is 10.5 Å². The molecule has 6 aromatic rings. The highest BCUT2D eigenvalue weighted by molar-refractivity contribution is 5.90. The summed E-state index contributed by atoms with van der Waals surface area (Å²) in [6.45, 7) is 0. The van der Waals surface area contributed by atoms with Gasteiger partial charge in [0.15, 0.2) is 45.4 Å². The van der Waals surface area contributed by atoms with Gasteiger partial charge in [-0.3, -0.25) is 0 Å². The SMILES string of the molecule is C#Cc1nc2nc3ccc(-c4ccc5nc6nc(C#N)c(C#C)nc6nc5c4)cc3nc2nc1C#N. The van der Waals surface area contributed by atoms with Gasteiger partial charge in [-0.2, -0.15) is 10.5 Å². The van der Waals surface area contributed by atoms with E-state index in [1.165, 1.54) is 0 Å². The first-order valence-electron chi connectivity index (χ1n) is 10.3. The van der Waals surface area contributed by atoms with Crippen LogP contribution in [0.4, 0.5) is 0 Å². The lowest BCUT2D eigenvalue weighted by Crippen LogP contribution is -2.00. The van der Waals surface area contributed by atoms with Gasteiger partial charge >= 0.3 is 0 Å². The zero-order valence-electron chi connectivity index (χ0n) is 18.1. The van der Waals surface area contributed by atoms with Crippen molar-refractivity contribution in [1.29, 1.82) is 10.5 Å². The highest BCUT2D eigenvalue weighted by Gasteiger charge is 2.13. The second kappa shape index (κ2) is 7.74. The van der Waals surface area contributed by atoms with E-state index in [1.807, 2.05) is 48.5 Å². The third-order valence-corrected chi connectivity index (χ3v) is 5.39. The average molecular weight is 460 g/mol. The lowest BCUT2D eigenvalue weighted by Gasteiger charge is -2.07. The normalized spacial score (nSPS) is 10.7. The number of aromatic nitrogens is 8. The second-order valence-electron chi connectivity index (χ2n) is 7.50. The predicted molar refractivity (Wildman–Crippen MR) is 130 cm³/mol. The van der Waals surface area contributed by atoms with Gasteiger partial charge in [0.25, 0.3) is 0 Å². The lowest BCUT2D eigenvalue weighted by atomic mass is 10.0. The average Bonchev–Trinajstić information content (AvgIpc) is 2.92.